The Balaban J connectivity index is 1.40. The molecule has 3 aromatic rings. The second-order valence-electron chi connectivity index (χ2n) is 8.81. The van der Waals surface area contributed by atoms with Gasteiger partial charge in [-0.2, -0.15) is 0 Å². The number of aryl methyl sites for hydroxylation is 2. The Hall–Kier alpha value is -2.99. The molecule has 0 amide bonds. The number of carbonyl (C=O) groups is 1. The van der Waals surface area contributed by atoms with Crippen LogP contribution in [0.3, 0.4) is 0 Å². The third kappa shape index (κ3) is 6.11. The van der Waals surface area contributed by atoms with E-state index >= 15 is 0 Å². The number of hydrogen-bond donors (Lipinski definition) is 0. The largest absolute Gasteiger partial charge is 0.488 e. The normalized spacial score (nSPS) is 13.9. The Labute approximate surface area is 205 Å². The van der Waals surface area contributed by atoms with Crippen LogP contribution in [0.25, 0.3) is 10.6 Å². The van der Waals surface area contributed by atoms with Crippen LogP contribution in [0.15, 0.2) is 53.7 Å². The van der Waals surface area contributed by atoms with Crippen LogP contribution in [0.1, 0.15) is 67.1 Å². The third-order valence-electron chi connectivity index (χ3n) is 6.09. The standard InChI is InChI=1S/C28H32N2O3S/c1-4-5-6-21-7-9-23(10-8-21)28-29-20(3)27(34-28)18-32-24-13-11-22(12-14-24)25(17-19(2)31)26-15-16-33-30-26/h7-14,25H,4-6,15-18H2,1-3H3/t25-/m0/s1. The van der Waals surface area contributed by atoms with Crippen molar-refractivity contribution < 1.29 is 14.4 Å². The van der Waals surface area contributed by atoms with E-state index in [4.69, 9.17) is 14.6 Å². The van der Waals surface area contributed by atoms with Crippen LogP contribution in [-0.2, 0) is 22.7 Å². The molecule has 2 heterocycles. The van der Waals surface area contributed by atoms with Gasteiger partial charge in [0.2, 0.25) is 0 Å². The van der Waals surface area contributed by atoms with E-state index in [9.17, 15) is 4.79 Å². The zero-order valence-corrected chi connectivity index (χ0v) is 21.0. The first-order valence-corrected chi connectivity index (χ1v) is 12.8. The molecule has 1 aliphatic heterocycles. The van der Waals surface area contributed by atoms with Gasteiger partial charge >= 0.3 is 0 Å². The minimum atomic E-state index is -0.0336. The average Bonchev–Trinajstić information content (AvgIpc) is 3.51. The minimum absolute atomic E-state index is 0.0336. The number of unbranched alkanes of at least 4 members (excludes halogenated alkanes) is 1. The lowest BCUT2D eigenvalue weighted by atomic mass is 9.88. The number of carbonyl (C=O) groups excluding carboxylic acids is 1. The lowest BCUT2D eigenvalue weighted by Crippen LogP contribution is -2.14. The highest BCUT2D eigenvalue weighted by Gasteiger charge is 2.24. The van der Waals surface area contributed by atoms with Crippen molar-refractivity contribution >= 4 is 22.8 Å². The molecular weight excluding hydrogens is 444 g/mol. The van der Waals surface area contributed by atoms with Crippen LogP contribution in [-0.4, -0.2) is 23.1 Å². The molecule has 0 saturated carbocycles. The fourth-order valence-corrected chi connectivity index (χ4v) is 5.08. The maximum absolute atomic E-state index is 11.8. The molecule has 5 nitrogen and oxygen atoms in total. The zero-order valence-electron chi connectivity index (χ0n) is 20.2. The predicted molar refractivity (Wildman–Crippen MR) is 138 cm³/mol. The number of hydrogen-bond acceptors (Lipinski definition) is 6. The molecule has 0 bridgehead atoms. The van der Waals surface area contributed by atoms with Gasteiger partial charge in [0, 0.05) is 24.3 Å². The summed E-state index contributed by atoms with van der Waals surface area (Å²) in [5, 5.41) is 5.17. The summed E-state index contributed by atoms with van der Waals surface area (Å²) in [4.78, 5) is 22.8. The van der Waals surface area contributed by atoms with Gasteiger partial charge in [-0.25, -0.2) is 4.98 Å². The molecule has 2 aromatic carbocycles. The molecule has 0 unspecified atom stereocenters. The van der Waals surface area contributed by atoms with Crippen molar-refractivity contribution in [2.45, 2.75) is 65.4 Å². The van der Waals surface area contributed by atoms with Crippen molar-refractivity contribution in [3.05, 3.63) is 70.2 Å². The summed E-state index contributed by atoms with van der Waals surface area (Å²) in [5.74, 6) is 0.908. The molecular formula is C28H32N2O3S. The van der Waals surface area contributed by atoms with Crippen LogP contribution in [0, 0.1) is 6.92 Å². The van der Waals surface area contributed by atoms with Gasteiger partial charge in [-0.1, -0.05) is 54.9 Å². The highest BCUT2D eigenvalue weighted by atomic mass is 32.1. The Bertz CT molecular complexity index is 1130. The molecule has 4 rings (SSSR count). The van der Waals surface area contributed by atoms with Gasteiger partial charge in [-0.15, -0.1) is 11.3 Å². The summed E-state index contributed by atoms with van der Waals surface area (Å²) in [6, 6.07) is 16.7. The molecule has 0 fully saturated rings. The Morgan fingerprint density at radius 2 is 1.91 bits per heavy atom. The van der Waals surface area contributed by atoms with Crippen molar-refractivity contribution in [1.82, 2.24) is 4.98 Å². The summed E-state index contributed by atoms with van der Waals surface area (Å²) in [5.41, 5.74) is 5.54. The van der Waals surface area contributed by atoms with Gasteiger partial charge in [-0.05, 0) is 49.9 Å². The van der Waals surface area contributed by atoms with Crippen molar-refractivity contribution in [2.75, 3.05) is 6.61 Å². The molecule has 0 radical (unpaired) electrons. The quantitative estimate of drug-likeness (QED) is 0.303. The number of nitrogens with zero attached hydrogens (tertiary/aromatic N) is 2. The molecule has 0 aliphatic carbocycles. The Morgan fingerprint density at radius 1 is 1.15 bits per heavy atom. The number of rotatable bonds is 11. The molecule has 0 N–H and O–H groups in total. The van der Waals surface area contributed by atoms with E-state index < -0.39 is 0 Å². The van der Waals surface area contributed by atoms with Crippen molar-refractivity contribution in [2.24, 2.45) is 5.16 Å². The van der Waals surface area contributed by atoms with Crippen LogP contribution < -0.4 is 4.74 Å². The Morgan fingerprint density at radius 3 is 2.56 bits per heavy atom. The van der Waals surface area contributed by atoms with Crippen LogP contribution >= 0.6 is 11.3 Å². The second kappa shape index (κ2) is 11.4. The highest BCUT2D eigenvalue weighted by molar-refractivity contribution is 7.15. The van der Waals surface area contributed by atoms with E-state index in [0.29, 0.717) is 19.6 Å². The molecule has 0 saturated heterocycles. The molecule has 1 atom stereocenters. The maximum Gasteiger partial charge on any atom is 0.130 e. The summed E-state index contributed by atoms with van der Waals surface area (Å²) in [7, 11) is 0. The molecule has 6 heteroatoms. The molecule has 178 valence electrons. The summed E-state index contributed by atoms with van der Waals surface area (Å²) >= 11 is 1.68. The second-order valence-corrected chi connectivity index (χ2v) is 9.89. The van der Waals surface area contributed by atoms with E-state index in [1.54, 1.807) is 18.3 Å². The van der Waals surface area contributed by atoms with E-state index in [-0.39, 0.29) is 11.7 Å². The highest BCUT2D eigenvalue weighted by Crippen LogP contribution is 2.31. The first-order valence-electron chi connectivity index (χ1n) is 12.0. The summed E-state index contributed by atoms with van der Waals surface area (Å²) in [6.45, 7) is 6.94. The van der Waals surface area contributed by atoms with E-state index in [0.717, 1.165) is 51.0 Å². The van der Waals surface area contributed by atoms with Gasteiger partial charge < -0.3 is 9.57 Å². The van der Waals surface area contributed by atoms with Gasteiger partial charge in [0.25, 0.3) is 0 Å². The number of ether oxygens (including phenoxy) is 1. The fourth-order valence-electron chi connectivity index (χ4n) is 4.10. The topological polar surface area (TPSA) is 60.8 Å². The Kier molecular flexibility index (Phi) is 8.12. The SMILES string of the molecule is CCCCc1ccc(-c2nc(C)c(COc3ccc([C@H](CC(C)=O)C4=NOCC4)cc3)s2)cc1. The van der Waals surface area contributed by atoms with Gasteiger partial charge in [0.05, 0.1) is 16.3 Å². The lowest BCUT2D eigenvalue weighted by molar-refractivity contribution is -0.117. The number of oxime groups is 1. The van der Waals surface area contributed by atoms with Crippen LogP contribution in [0.5, 0.6) is 5.75 Å². The molecule has 0 spiro atoms. The van der Waals surface area contributed by atoms with Gasteiger partial charge in [0.1, 0.15) is 29.8 Å². The smallest absolute Gasteiger partial charge is 0.130 e. The van der Waals surface area contributed by atoms with E-state index in [2.05, 4.69) is 36.3 Å². The van der Waals surface area contributed by atoms with Crippen molar-refractivity contribution in [3.8, 4) is 16.3 Å². The van der Waals surface area contributed by atoms with Gasteiger partial charge in [0.15, 0.2) is 0 Å². The zero-order chi connectivity index (χ0) is 23.9. The number of ketones is 1. The van der Waals surface area contributed by atoms with Crippen LogP contribution in [0.2, 0.25) is 0 Å². The molecule has 1 aliphatic rings. The van der Waals surface area contributed by atoms with E-state index in [1.165, 1.54) is 18.4 Å². The third-order valence-corrected chi connectivity index (χ3v) is 7.27. The first kappa shape index (κ1) is 24.1. The number of benzene rings is 2. The van der Waals surface area contributed by atoms with Gasteiger partial charge in [-0.3, -0.25) is 4.79 Å². The molecule has 1 aromatic heterocycles. The van der Waals surface area contributed by atoms with Crippen LogP contribution in [0.4, 0.5) is 0 Å². The number of aromatic nitrogens is 1. The minimum Gasteiger partial charge on any atom is -0.488 e. The first-order chi connectivity index (χ1) is 16.5. The molecule has 34 heavy (non-hydrogen) atoms. The van der Waals surface area contributed by atoms with Crippen molar-refractivity contribution in [1.29, 1.82) is 0 Å². The number of thiazole rings is 1. The van der Waals surface area contributed by atoms with E-state index in [1.807, 2.05) is 31.2 Å². The predicted octanol–water partition coefficient (Wildman–Crippen LogP) is 6.88. The maximum atomic E-state index is 11.8. The fraction of sp³-hybridized carbons (Fsp3) is 0.393. The number of Topliss-reactive ketones (excluding diaryl/α,β-unsaturated/α-hetero) is 1. The monoisotopic (exact) mass is 476 g/mol. The average molecular weight is 477 g/mol. The summed E-state index contributed by atoms with van der Waals surface area (Å²) in [6.07, 6.45) is 4.76. The van der Waals surface area contributed by atoms with Crippen molar-refractivity contribution in [3.63, 3.8) is 0 Å². The lowest BCUT2D eigenvalue weighted by Gasteiger charge is -2.15. The summed E-state index contributed by atoms with van der Waals surface area (Å²) < 4.78 is 6.08.